The quantitative estimate of drug-likeness (QED) is 0.556. The van der Waals surface area contributed by atoms with Crippen molar-refractivity contribution in [3.8, 4) is 11.5 Å². The van der Waals surface area contributed by atoms with Crippen LogP contribution in [0.1, 0.15) is 36.8 Å². The summed E-state index contributed by atoms with van der Waals surface area (Å²) in [5, 5.41) is 0. The molecular weight excluding hydrogens is 418 g/mol. The first kappa shape index (κ1) is 20.5. The molecule has 28 heavy (non-hydrogen) atoms. The lowest BCUT2D eigenvalue weighted by molar-refractivity contribution is -0.125. The van der Waals surface area contributed by atoms with E-state index >= 15 is 0 Å². The Morgan fingerprint density at radius 1 is 1.11 bits per heavy atom. The SMILES string of the molecule is COc1cc(/C=C/C(=O)N2CCCCCC2)cc(Br)c1OCc1ccccc1. The number of likely N-dealkylation sites (tertiary alicyclic amines) is 1. The highest BCUT2D eigenvalue weighted by molar-refractivity contribution is 9.10. The molecule has 2 aromatic carbocycles. The molecule has 0 atom stereocenters. The van der Waals surface area contributed by atoms with Gasteiger partial charge >= 0.3 is 0 Å². The van der Waals surface area contributed by atoms with Crippen molar-refractivity contribution in [2.24, 2.45) is 0 Å². The second-order valence-electron chi connectivity index (χ2n) is 6.88. The van der Waals surface area contributed by atoms with E-state index in [0.717, 1.165) is 41.5 Å². The van der Waals surface area contributed by atoms with Gasteiger partial charge in [-0.2, -0.15) is 0 Å². The van der Waals surface area contributed by atoms with Gasteiger partial charge in [0.1, 0.15) is 6.61 Å². The van der Waals surface area contributed by atoms with Crippen LogP contribution in [-0.2, 0) is 11.4 Å². The van der Waals surface area contributed by atoms with Crippen LogP contribution in [0.5, 0.6) is 11.5 Å². The molecule has 0 radical (unpaired) electrons. The Morgan fingerprint density at radius 2 is 1.82 bits per heavy atom. The number of carbonyl (C=O) groups excluding carboxylic acids is 1. The van der Waals surface area contributed by atoms with E-state index in [0.29, 0.717) is 18.1 Å². The van der Waals surface area contributed by atoms with Crippen molar-refractivity contribution >= 4 is 27.9 Å². The Morgan fingerprint density at radius 3 is 2.50 bits per heavy atom. The second-order valence-corrected chi connectivity index (χ2v) is 7.74. The average molecular weight is 444 g/mol. The van der Waals surface area contributed by atoms with Gasteiger partial charge < -0.3 is 14.4 Å². The van der Waals surface area contributed by atoms with Crippen molar-refractivity contribution in [1.82, 2.24) is 4.90 Å². The molecule has 0 spiro atoms. The molecule has 1 aliphatic rings. The number of hydrogen-bond donors (Lipinski definition) is 0. The zero-order valence-corrected chi connectivity index (χ0v) is 17.8. The Bertz CT molecular complexity index is 812. The highest BCUT2D eigenvalue weighted by atomic mass is 79.9. The van der Waals surface area contributed by atoms with Crippen LogP contribution in [0.25, 0.3) is 6.08 Å². The van der Waals surface area contributed by atoms with Crippen molar-refractivity contribution < 1.29 is 14.3 Å². The Balaban J connectivity index is 1.70. The van der Waals surface area contributed by atoms with E-state index in [-0.39, 0.29) is 5.91 Å². The summed E-state index contributed by atoms with van der Waals surface area (Å²) < 4.78 is 12.3. The summed E-state index contributed by atoms with van der Waals surface area (Å²) in [6, 6.07) is 13.8. The van der Waals surface area contributed by atoms with E-state index in [4.69, 9.17) is 9.47 Å². The minimum Gasteiger partial charge on any atom is -0.493 e. The lowest BCUT2D eigenvalue weighted by Gasteiger charge is -2.18. The van der Waals surface area contributed by atoms with Crippen LogP contribution in [0.15, 0.2) is 53.0 Å². The first-order valence-corrected chi connectivity index (χ1v) is 10.5. The van der Waals surface area contributed by atoms with Gasteiger partial charge in [0.2, 0.25) is 5.91 Å². The highest BCUT2D eigenvalue weighted by Gasteiger charge is 2.14. The van der Waals surface area contributed by atoms with Crippen LogP contribution in [0.4, 0.5) is 0 Å². The summed E-state index contributed by atoms with van der Waals surface area (Å²) >= 11 is 3.57. The number of nitrogens with zero attached hydrogens (tertiary/aromatic N) is 1. The van der Waals surface area contributed by atoms with Crippen LogP contribution in [0.2, 0.25) is 0 Å². The molecule has 3 rings (SSSR count). The minimum atomic E-state index is 0.0707. The first-order valence-electron chi connectivity index (χ1n) is 9.68. The fourth-order valence-electron chi connectivity index (χ4n) is 3.27. The topological polar surface area (TPSA) is 38.8 Å². The third kappa shape index (κ3) is 5.61. The van der Waals surface area contributed by atoms with Crippen LogP contribution < -0.4 is 9.47 Å². The van der Waals surface area contributed by atoms with Gasteiger partial charge in [-0.05, 0) is 58.1 Å². The molecule has 5 heteroatoms. The van der Waals surface area contributed by atoms with Crippen molar-refractivity contribution in [1.29, 1.82) is 0 Å². The van der Waals surface area contributed by atoms with E-state index in [1.165, 1.54) is 12.8 Å². The molecular formula is C23H26BrNO3. The maximum absolute atomic E-state index is 12.5. The number of hydrogen-bond acceptors (Lipinski definition) is 3. The lowest BCUT2D eigenvalue weighted by atomic mass is 10.1. The molecule has 4 nitrogen and oxygen atoms in total. The van der Waals surface area contributed by atoms with Crippen molar-refractivity contribution in [3.63, 3.8) is 0 Å². The summed E-state index contributed by atoms with van der Waals surface area (Å²) in [6.45, 7) is 2.16. The molecule has 0 unspecified atom stereocenters. The minimum absolute atomic E-state index is 0.0707. The first-order chi connectivity index (χ1) is 13.7. The zero-order valence-electron chi connectivity index (χ0n) is 16.2. The van der Waals surface area contributed by atoms with Crippen LogP contribution in [0, 0.1) is 0 Å². The van der Waals surface area contributed by atoms with Crippen LogP contribution in [0.3, 0.4) is 0 Å². The van der Waals surface area contributed by atoms with E-state index in [1.807, 2.05) is 53.4 Å². The number of amides is 1. The smallest absolute Gasteiger partial charge is 0.246 e. The van der Waals surface area contributed by atoms with Gasteiger partial charge in [-0.25, -0.2) is 0 Å². The summed E-state index contributed by atoms with van der Waals surface area (Å²) in [6.07, 6.45) is 8.08. The van der Waals surface area contributed by atoms with Gasteiger partial charge in [0.15, 0.2) is 11.5 Å². The van der Waals surface area contributed by atoms with Crippen molar-refractivity contribution in [2.75, 3.05) is 20.2 Å². The molecule has 0 aromatic heterocycles. The molecule has 0 saturated carbocycles. The number of benzene rings is 2. The molecule has 1 aliphatic heterocycles. The maximum Gasteiger partial charge on any atom is 0.246 e. The molecule has 0 aliphatic carbocycles. The molecule has 1 amide bonds. The standard InChI is InChI=1S/C23H26BrNO3/c1-27-21-16-19(11-12-22(26)25-13-7-2-3-8-14-25)15-20(24)23(21)28-17-18-9-5-4-6-10-18/h4-6,9-12,15-16H,2-3,7-8,13-14,17H2,1H3/b12-11+. The van der Waals surface area contributed by atoms with Crippen molar-refractivity contribution in [3.05, 3.63) is 64.1 Å². The normalized spacial score (nSPS) is 14.7. The Labute approximate surface area is 175 Å². The molecule has 1 fully saturated rings. The number of ether oxygens (including phenoxy) is 2. The molecule has 2 aromatic rings. The zero-order chi connectivity index (χ0) is 19.8. The van der Waals surface area contributed by atoms with Gasteiger partial charge in [0, 0.05) is 19.2 Å². The summed E-state index contributed by atoms with van der Waals surface area (Å²) in [4.78, 5) is 14.4. The maximum atomic E-state index is 12.5. The molecule has 1 saturated heterocycles. The highest BCUT2D eigenvalue weighted by Crippen LogP contribution is 2.37. The van der Waals surface area contributed by atoms with Crippen LogP contribution >= 0.6 is 15.9 Å². The predicted octanol–water partition coefficient (Wildman–Crippen LogP) is 5.45. The lowest BCUT2D eigenvalue weighted by Crippen LogP contribution is -2.30. The van der Waals surface area contributed by atoms with Gasteiger partial charge in [0.25, 0.3) is 0 Å². The largest absolute Gasteiger partial charge is 0.493 e. The summed E-state index contributed by atoms with van der Waals surface area (Å²) in [5.74, 6) is 1.36. The molecule has 0 bridgehead atoms. The fraction of sp³-hybridized carbons (Fsp3) is 0.348. The Kier molecular flexibility index (Phi) is 7.54. The average Bonchev–Trinajstić information content (AvgIpc) is 3.01. The van der Waals surface area contributed by atoms with Gasteiger partial charge in [-0.15, -0.1) is 0 Å². The third-order valence-electron chi connectivity index (χ3n) is 4.81. The predicted molar refractivity (Wildman–Crippen MR) is 116 cm³/mol. The number of rotatable bonds is 6. The van der Waals surface area contributed by atoms with Gasteiger partial charge in [0.05, 0.1) is 11.6 Å². The summed E-state index contributed by atoms with van der Waals surface area (Å²) in [7, 11) is 1.62. The number of halogens is 1. The van der Waals surface area contributed by atoms with Gasteiger partial charge in [-0.1, -0.05) is 43.2 Å². The third-order valence-corrected chi connectivity index (χ3v) is 5.40. The van der Waals surface area contributed by atoms with Crippen LogP contribution in [-0.4, -0.2) is 31.0 Å². The number of methoxy groups -OCH3 is 1. The van der Waals surface area contributed by atoms with E-state index in [9.17, 15) is 4.79 Å². The van der Waals surface area contributed by atoms with Gasteiger partial charge in [-0.3, -0.25) is 4.79 Å². The van der Waals surface area contributed by atoms with E-state index in [2.05, 4.69) is 15.9 Å². The van der Waals surface area contributed by atoms with Crippen molar-refractivity contribution in [2.45, 2.75) is 32.3 Å². The fourth-order valence-corrected chi connectivity index (χ4v) is 3.84. The van der Waals surface area contributed by atoms with E-state index < -0.39 is 0 Å². The molecule has 0 N–H and O–H groups in total. The Hall–Kier alpha value is -2.27. The molecule has 1 heterocycles. The monoisotopic (exact) mass is 443 g/mol. The molecule has 148 valence electrons. The summed E-state index contributed by atoms with van der Waals surface area (Å²) in [5.41, 5.74) is 1.97. The number of carbonyl (C=O) groups is 1. The van der Waals surface area contributed by atoms with E-state index in [1.54, 1.807) is 13.2 Å². The second kappa shape index (κ2) is 10.3.